The van der Waals surface area contributed by atoms with Gasteiger partial charge in [0.1, 0.15) is 6.04 Å². The maximum atomic E-state index is 12.9. The molecule has 0 aromatic carbocycles. The summed E-state index contributed by atoms with van der Waals surface area (Å²) in [6.45, 7) is 7.61. The second-order valence-corrected chi connectivity index (χ2v) is 6.66. The summed E-state index contributed by atoms with van der Waals surface area (Å²) < 4.78 is 45.4. The smallest absolute Gasteiger partial charge is 0.372 e. The lowest BCUT2D eigenvalue weighted by atomic mass is 10.2. The summed E-state index contributed by atoms with van der Waals surface area (Å²) in [5.74, 6) is -0.265. The first-order chi connectivity index (χ1) is 10.5. The molecule has 1 saturated heterocycles. The van der Waals surface area contributed by atoms with E-state index in [1.54, 1.807) is 11.8 Å². The lowest BCUT2D eigenvalue weighted by Gasteiger charge is -2.36. The van der Waals surface area contributed by atoms with Crippen LogP contribution in [0.1, 0.15) is 38.2 Å². The Morgan fingerprint density at radius 2 is 1.87 bits per heavy atom. The van der Waals surface area contributed by atoms with Gasteiger partial charge in [0.2, 0.25) is 5.91 Å². The minimum Gasteiger partial charge on any atom is -0.372 e. The Balaban J connectivity index is 2.26. The molecular weight excluding hydrogens is 379 g/mol. The Morgan fingerprint density at radius 3 is 2.30 bits per heavy atom. The Labute approximate surface area is 140 Å². The summed E-state index contributed by atoms with van der Waals surface area (Å²) in [7, 11) is 0. The molecule has 0 aliphatic carbocycles. The molecule has 1 aliphatic rings. The normalized spacial score (nSPS) is 23.9. The van der Waals surface area contributed by atoms with E-state index in [0.29, 0.717) is 13.1 Å². The number of rotatable bonds is 2. The van der Waals surface area contributed by atoms with Crippen molar-refractivity contribution in [2.75, 3.05) is 13.1 Å². The molecule has 3 atom stereocenters. The zero-order valence-electron chi connectivity index (χ0n) is 13.3. The fraction of sp³-hybridized carbons (Fsp3) is 0.714. The number of carbonyl (C=O) groups excluding carboxylic acids is 1. The maximum Gasteiger partial charge on any atom is 0.436 e. The molecule has 1 aromatic heterocycles. The molecule has 130 valence electrons. The molecule has 5 nitrogen and oxygen atoms in total. The molecule has 23 heavy (non-hydrogen) atoms. The second-order valence-electron chi connectivity index (χ2n) is 5.87. The predicted octanol–water partition coefficient (Wildman–Crippen LogP) is 3.17. The van der Waals surface area contributed by atoms with Crippen LogP contribution in [0.4, 0.5) is 13.2 Å². The van der Waals surface area contributed by atoms with E-state index in [9.17, 15) is 18.0 Å². The highest BCUT2D eigenvalue weighted by Crippen LogP contribution is 2.36. The largest absolute Gasteiger partial charge is 0.436 e. The summed E-state index contributed by atoms with van der Waals surface area (Å²) in [6.07, 6.45) is -4.78. The highest BCUT2D eigenvalue weighted by Gasteiger charge is 2.39. The number of amides is 1. The third-order valence-corrected chi connectivity index (χ3v) is 4.75. The number of alkyl halides is 3. The van der Waals surface area contributed by atoms with Crippen LogP contribution < -0.4 is 0 Å². The molecule has 0 unspecified atom stereocenters. The molecule has 9 heteroatoms. The standard InChI is InChI=1S/C14H19BrF3N3O2/c1-7-5-20(6-8(2)23-7)13(22)10(4)21-9(3)11(15)12(19-21)14(16,17)18/h7-8,10H,5-6H2,1-4H3/t7-,8-,10+/m1/s1. The van der Waals surface area contributed by atoms with Gasteiger partial charge in [-0.05, 0) is 43.6 Å². The van der Waals surface area contributed by atoms with Crippen LogP contribution in [0, 0.1) is 6.92 Å². The summed E-state index contributed by atoms with van der Waals surface area (Å²) in [5, 5.41) is 3.60. The molecule has 2 heterocycles. The molecule has 1 aliphatic heterocycles. The molecule has 1 amide bonds. The van der Waals surface area contributed by atoms with E-state index in [1.165, 1.54) is 6.92 Å². The zero-order chi connectivity index (χ0) is 17.5. The minimum absolute atomic E-state index is 0.105. The number of carbonyl (C=O) groups is 1. The van der Waals surface area contributed by atoms with E-state index in [1.807, 2.05) is 13.8 Å². The van der Waals surface area contributed by atoms with Crippen molar-refractivity contribution in [2.45, 2.75) is 52.1 Å². The second kappa shape index (κ2) is 6.43. The van der Waals surface area contributed by atoms with Crippen molar-refractivity contribution in [3.05, 3.63) is 15.9 Å². The van der Waals surface area contributed by atoms with E-state index < -0.39 is 17.9 Å². The van der Waals surface area contributed by atoms with Gasteiger partial charge in [0, 0.05) is 13.1 Å². The molecule has 1 aromatic rings. The van der Waals surface area contributed by atoms with Gasteiger partial charge in [0.15, 0.2) is 5.69 Å². The van der Waals surface area contributed by atoms with Gasteiger partial charge in [-0.2, -0.15) is 18.3 Å². The van der Waals surface area contributed by atoms with Gasteiger partial charge in [-0.1, -0.05) is 0 Å². The van der Waals surface area contributed by atoms with Crippen LogP contribution in [0.25, 0.3) is 0 Å². The highest BCUT2D eigenvalue weighted by atomic mass is 79.9. The third-order valence-electron chi connectivity index (χ3n) is 3.80. The molecule has 1 fully saturated rings. The number of nitrogens with zero attached hydrogens (tertiary/aromatic N) is 3. The summed E-state index contributed by atoms with van der Waals surface area (Å²) in [5.41, 5.74) is -0.745. The van der Waals surface area contributed by atoms with E-state index >= 15 is 0 Å². The first-order valence-electron chi connectivity index (χ1n) is 7.28. The van der Waals surface area contributed by atoms with Crippen molar-refractivity contribution in [2.24, 2.45) is 0 Å². The molecule has 0 radical (unpaired) electrons. The van der Waals surface area contributed by atoms with Crippen LogP contribution in [-0.2, 0) is 15.7 Å². The number of morpholine rings is 1. The van der Waals surface area contributed by atoms with Crippen LogP contribution in [-0.4, -0.2) is 45.9 Å². The number of halogens is 4. The topological polar surface area (TPSA) is 47.4 Å². The number of hydrogen-bond acceptors (Lipinski definition) is 3. The van der Waals surface area contributed by atoms with Crippen LogP contribution in [0.15, 0.2) is 4.47 Å². The van der Waals surface area contributed by atoms with Gasteiger partial charge < -0.3 is 9.64 Å². The van der Waals surface area contributed by atoms with Crippen molar-refractivity contribution < 1.29 is 22.7 Å². The summed E-state index contributed by atoms with van der Waals surface area (Å²) in [4.78, 5) is 14.2. The molecule has 0 spiro atoms. The van der Waals surface area contributed by atoms with Crippen molar-refractivity contribution in [1.29, 1.82) is 0 Å². The Kier molecular flexibility index (Phi) is 5.10. The van der Waals surface area contributed by atoms with Gasteiger partial charge in [0.25, 0.3) is 0 Å². The van der Waals surface area contributed by atoms with Crippen LogP contribution in [0.3, 0.4) is 0 Å². The quantitative estimate of drug-likeness (QED) is 0.769. The lowest BCUT2D eigenvalue weighted by molar-refractivity contribution is -0.147. The van der Waals surface area contributed by atoms with Crippen molar-refractivity contribution in [3.8, 4) is 0 Å². The highest BCUT2D eigenvalue weighted by molar-refractivity contribution is 9.10. The predicted molar refractivity (Wildman–Crippen MR) is 81.0 cm³/mol. The zero-order valence-corrected chi connectivity index (χ0v) is 14.9. The van der Waals surface area contributed by atoms with E-state index in [2.05, 4.69) is 21.0 Å². The van der Waals surface area contributed by atoms with E-state index in [4.69, 9.17) is 4.74 Å². The summed E-state index contributed by atoms with van der Waals surface area (Å²) in [6, 6.07) is -0.820. The van der Waals surface area contributed by atoms with Gasteiger partial charge in [-0.15, -0.1) is 0 Å². The van der Waals surface area contributed by atoms with Gasteiger partial charge in [-0.3, -0.25) is 9.48 Å². The average Bonchev–Trinajstić information content (AvgIpc) is 2.72. The fourth-order valence-corrected chi connectivity index (χ4v) is 3.27. The van der Waals surface area contributed by atoms with E-state index in [-0.39, 0.29) is 28.3 Å². The van der Waals surface area contributed by atoms with Gasteiger partial charge in [0.05, 0.1) is 22.4 Å². The number of ether oxygens (including phenoxy) is 1. The van der Waals surface area contributed by atoms with Crippen molar-refractivity contribution in [3.63, 3.8) is 0 Å². The minimum atomic E-state index is -4.57. The average molecular weight is 398 g/mol. The van der Waals surface area contributed by atoms with Crippen LogP contribution in [0.2, 0.25) is 0 Å². The maximum absolute atomic E-state index is 12.9. The van der Waals surface area contributed by atoms with Crippen molar-refractivity contribution in [1.82, 2.24) is 14.7 Å². The molecule has 0 saturated carbocycles. The Hall–Kier alpha value is -1.09. The number of aromatic nitrogens is 2. The SMILES string of the molecule is Cc1c(Br)c(C(F)(F)F)nn1[C@@H](C)C(=O)N1C[C@@H](C)O[C@H](C)C1. The van der Waals surface area contributed by atoms with E-state index in [0.717, 1.165) is 4.68 Å². The molecular formula is C14H19BrF3N3O2. The molecule has 0 bridgehead atoms. The van der Waals surface area contributed by atoms with Crippen LogP contribution >= 0.6 is 15.9 Å². The monoisotopic (exact) mass is 397 g/mol. The molecule has 0 N–H and O–H groups in total. The van der Waals surface area contributed by atoms with Gasteiger partial charge >= 0.3 is 6.18 Å². The van der Waals surface area contributed by atoms with Crippen LogP contribution in [0.5, 0.6) is 0 Å². The Morgan fingerprint density at radius 1 is 1.35 bits per heavy atom. The van der Waals surface area contributed by atoms with Crippen molar-refractivity contribution >= 4 is 21.8 Å². The molecule has 2 rings (SSSR count). The first kappa shape index (κ1) is 18.3. The number of hydrogen-bond donors (Lipinski definition) is 0. The fourth-order valence-electron chi connectivity index (χ4n) is 2.78. The van der Waals surface area contributed by atoms with Gasteiger partial charge in [-0.25, -0.2) is 0 Å². The summed E-state index contributed by atoms with van der Waals surface area (Å²) >= 11 is 2.92. The third kappa shape index (κ3) is 3.71. The lowest BCUT2D eigenvalue weighted by Crippen LogP contribution is -2.50. The Bertz CT molecular complexity index is 593. The first-order valence-corrected chi connectivity index (χ1v) is 8.07.